The first-order valence-corrected chi connectivity index (χ1v) is 10.2. The lowest BCUT2D eigenvalue weighted by molar-refractivity contribution is -0.139. The number of carbonyl (C=O) groups excluding carboxylic acids is 2. The Bertz CT molecular complexity index is 972. The zero-order chi connectivity index (χ0) is 20.3. The number of ether oxygens (including phenoxy) is 1. The van der Waals surface area contributed by atoms with Crippen LogP contribution in [0.4, 0.5) is 0 Å². The zero-order valence-corrected chi connectivity index (χ0v) is 16.9. The summed E-state index contributed by atoms with van der Waals surface area (Å²) in [4.78, 5) is 34.3. The second kappa shape index (κ2) is 6.38. The van der Waals surface area contributed by atoms with E-state index in [1.807, 2.05) is 34.9 Å². The van der Waals surface area contributed by atoms with Crippen molar-refractivity contribution in [2.45, 2.75) is 51.4 Å². The Labute approximate surface area is 169 Å². The van der Waals surface area contributed by atoms with Gasteiger partial charge in [0.05, 0.1) is 42.6 Å². The molecule has 29 heavy (non-hydrogen) atoms. The van der Waals surface area contributed by atoms with Crippen LogP contribution in [0.5, 0.6) is 0 Å². The van der Waals surface area contributed by atoms with Gasteiger partial charge in [-0.05, 0) is 25.0 Å². The van der Waals surface area contributed by atoms with Crippen molar-refractivity contribution in [2.75, 3.05) is 13.2 Å². The molecule has 5 rings (SSSR count). The Morgan fingerprint density at radius 1 is 1.34 bits per heavy atom. The summed E-state index contributed by atoms with van der Waals surface area (Å²) >= 11 is 0. The van der Waals surface area contributed by atoms with E-state index in [0.29, 0.717) is 43.3 Å². The first kappa shape index (κ1) is 18.3. The first-order valence-electron chi connectivity index (χ1n) is 10.2. The highest BCUT2D eigenvalue weighted by molar-refractivity contribution is 5.96. The van der Waals surface area contributed by atoms with Crippen LogP contribution in [0.2, 0.25) is 0 Å². The number of rotatable bonds is 3. The van der Waals surface area contributed by atoms with Crippen LogP contribution >= 0.6 is 0 Å². The molecule has 1 spiro atoms. The highest BCUT2D eigenvalue weighted by Crippen LogP contribution is 2.49. The van der Waals surface area contributed by atoms with Crippen molar-refractivity contribution >= 4 is 11.8 Å². The molecule has 2 amide bonds. The van der Waals surface area contributed by atoms with Crippen molar-refractivity contribution in [3.63, 3.8) is 0 Å². The average Bonchev–Trinajstić information content (AvgIpc) is 3.43. The summed E-state index contributed by atoms with van der Waals surface area (Å²) in [5, 5.41) is 4.38. The van der Waals surface area contributed by atoms with Crippen molar-refractivity contribution < 1.29 is 14.3 Å². The molecule has 3 aliphatic rings. The van der Waals surface area contributed by atoms with Crippen molar-refractivity contribution in [2.24, 2.45) is 5.92 Å². The summed E-state index contributed by atoms with van der Waals surface area (Å²) in [6.45, 7) is 7.21. The number of hydrogen-bond acceptors (Lipinski definition) is 5. The second-order valence-corrected chi connectivity index (χ2v) is 8.44. The number of likely N-dealkylation sites (tertiary alicyclic amines) is 1. The normalized spacial score (nSPS) is 28.3. The van der Waals surface area contributed by atoms with Gasteiger partial charge < -0.3 is 14.5 Å². The molecule has 2 aromatic rings. The number of carbonyl (C=O) groups is 2. The van der Waals surface area contributed by atoms with Gasteiger partial charge in [0.25, 0.3) is 5.91 Å². The van der Waals surface area contributed by atoms with Gasteiger partial charge in [0, 0.05) is 19.2 Å². The molecular weight excluding hydrogens is 370 g/mol. The quantitative estimate of drug-likeness (QED) is 0.791. The van der Waals surface area contributed by atoms with Crippen molar-refractivity contribution in [1.29, 1.82) is 0 Å². The largest absolute Gasteiger partial charge is 0.351 e. The maximum Gasteiger partial charge on any atom is 0.257 e. The third kappa shape index (κ3) is 2.48. The molecule has 0 aromatic carbocycles. The van der Waals surface area contributed by atoms with E-state index in [1.165, 1.54) is 0 Å². The Morgan fingerprint density at radius 2 is 2.17 bits per heavy atom. The molecule has 8 nitrogen and oxygen atoms in total. The summed E-state index contributed by atoms with van der Waals surface area (Å²) in [5.74, 6) is 0.978. The first-order chi connectivity index (χ1) is 13.9. The molecule has 3 fully saturated rings. The maximum absolute atomic E-state index is 13.4. The van der Waals surface area contributed by atoms with Crippen LogP contribution in [0.1, 0.15) is 42.7 Å². The van der Waals surface area contributed by atoms with Gasteiger partial charge in [-0.2, -0.15) is 5.10 Å². The number of hydrogen-bond donors (Lipinski definition) is 0. The van der Waals surface area contributed by atoms with Crippen molar-refractivity contribution in [3.05, 3.63) is 41.9 Å². The standard InChI is InChI=1S/C21H25N5O3/c1-13(2)16-12-29-21-7-9-24(17(21)10-19(27)25(16)21)20(28)15-11-23-26(14(15)3)18-6-4-5-8-22-18/h4-6,8,11,13,16-17H,7,9-10,12H2,1-3H3/t16-,17+,21-/m0/s1. The van der Waals surface area contributed by atoms with E-state index in [2.05, 4.69) is 23.9 Å². The molecule has 3 atom stereocenters. The Balaban J connectivity index is 1.45. The van der Waals surface area contributed by atoms with Gasteiger partial charge in [0.2, 0.25) is 5.91 Å². The molecule has 0 saturated carbocycles. The smallest absolute Gasteiger partial charge is 0.257 e. The fourth-order valence-corrected chi connectivity index (χ4v) is 5.10. The van der Waals surface area contributed by atoms with Crippen LogP contribution < -0.4 is 0 Å². The van der Waals surface area contributed by atoms with E-state index < -0.39 is 5.72 Å². The van der Waals surface area contributed by atoms with Crippen molar-refractivity contribution in [1.82, 2.24) is 24.6 Å². The van der Waals surface area contributed by atoms with Crippen LogP contribution in [0, 0.1) is 12.8 Å². The van der Waals surface area contributed by atoms with Gasteiger partial charge in [-0.25, -0.2) is 9.67 Å². The summed E-state index contributed by atoms with van der Waals surface area (Å²) < 4.78 is 7.91. The molecule has 5 heterocycles. The SMILES string of the molecule is Cc1c(C(=O)N2CC[C@@]34OC[C@@H](C(C)C)N3C(=O)C[C@@H]24)cnn1-c1ccccn1. The van der Waals surface area contributed by atoms with E-state index in [1.54, 1.807) is 17.1 Å². The van der Waals surface area contributed by atoms with Crippen molar-refractivity contribution in [3.8, 4) is 5.82 Å². The van der Waals surface area contributed by atoms with Gasteiger partial charge >= 0.3 is 0 Å². The number of pyridine rings is 1. The molecule has 0 radical (unpaired) electrons. The van der Waals surface area contributed by atoms with E-state index >= 15 is 0 Å². The summed E-state index contributed by atoms with van der Waals surface area (Å²) in [6, 6.07) is 5.41. The van der Waals surface area contributed by atoms with E-state index in [4.69, 9.17) is 4.74 Å². The lowest BCUT2D eigenvalue weighted by atomic mass is 10.0. The molecule has 152 valence electrons. The number of aromatic nitrogens is 3. The molecule has 3 saturated heterocycles. The summed E-state index contributed by atoms with van der Waals surface area (Å²) in [5.41, 5.74) is 0.618. The second-order valence-electron chi connectivity index (χ2n) is 8.44. The lowest BCUT2D eigenvalue weighted by Gasteiger charge is -2.34. The maximum atomic E-state index is 13.4. The predicted octanol–water partition coefficient (Wildman–Crippen LogP) is 1.77. The molecule has 2 aromatic heterocycles. The van der Waals surface area contributed by atoms with Crippen LogP contribution in [-0.4, -0.2) is 67.3 Å². The van der Waals surface area contributed by atoms with Crippen LogP contribution in [0.15, 0.2) is 30.6 Å². The molecule has 0 aliphatic carbocycles. The molecule has 0 unspecified atom stereocenters. The van der Waals surface area contributed by atoms with Crippen LogP contribution in [0.25, 0.3) is 5.82 Å². The number of amides is 2. The zero-order valence-electron chi connectivity index (χ0n) is 16.9. The summed E-state index contributed by atoms with van der Waals surface area (Å²) in [7, 11) is 0. The number of nitrogens with zero attached hydrogens (tertiary/aromatic N) is 5. The Hall–Kier alpha value is -2.74. The lowest BCUT2D eigenvalue weighted by Crippen LogP contribution is -2.51. The third-order valence-corrected chi connectivity index (χ3v) is 6.62. The predicted molar refractivity (Wildman–Crippen MR) is 104 cm³/mol. The van der Waals surface area contributed by atoms with Crippen LogP contribution in [0.3, 0.4) is 0 Å². The van der Waals surface area contributed by atoms with E-state index in [0.717, 1.165) is 5.69 Å². The average molecular weight is 395 g/mol. The van der Waals surface area contributed by atoms with Gasteiger partial charge in [-0.15, -0.1) is 0 Å². The molecule has 3 aliphatic heterocycles. The van der Waals surface area contributed by atoms with Gasteiger partial charge in [0.1, 0.15) is 0 Å². The van der Waals surface area contributed by atoms with Gasteiger partial charge in [-0.1, -0.05) is 19.9 Å². The molecule has 0 bridgehead atoms. The third-order valence-electron chi connectivity index (χ3n) is 6.62. The van der Waals surface area contributed by atoms with Crippen LogP contribution in [-0.2, 0) is 9.53 Å². The topological polar surface area (TPSA) is 80.6 Å². The van der Waals surface area contributed by atoms with E-state index in [9.17, 15) is 9.59 Å². The molecule has 8 heteroatoms. The van der Waals surface area contributed by atoms with E-state index in [-0.39, 0.29) is 23.9 Å². The fraction of sp³-hybridized carbons (Fsp3) is 0.524. The molecule has 0 N–H and O–H groups in total. The monoisotopic (exact) mass is 395 g/mol. The minimum absolute atomic E-state index is 0.0798. The Morgan fingerprint density at radius 3 is 2.90 bits per heavy atom. The minimum Gasteiger partial charge on any atom is -0.351 e. The highest BCUT2D eigenvalue weighted by Gasteiger charge is 2.65. The molecular formula is C21H25N5O3. The summed E-state index contributed by atoms with van der Waals surface area (Å²) in [6.07, 6.45) is 4.27. The highest BCUT2D eigenvalue weighted by atomic mass is 16.5. The van der Waals surface area contributed by atoms with Gasteiger partial charge in [0.15, 0.2) is 11.5 Å². The Kier molecular flexibility index (Phi) is 4.03. The fourth-order valence-electron chi connectivity index (χ4n) is 5.10. The minimum atomic E-state index is -0.660. The van der Waals surface area contributed by atoms with Gasteiger partial charge in [-0.3, -0.25) is 9.59 Å².